The van der Waals surface area contributed by atoms with Crippen LogP contribution >= 0.6 is 0 Å². The molecule has 5 nitrogen and oxygen atoms in total. The molecule has 1 aliphatic carbocycles. The lowest BCUT2D eigenvalue weighted by molar-refractivity contribution is -0.112. The molecule has 2 heterocycles. The van der Waals surface area contributed by atoms with E-state index >= 15 is 0 Å². The Morgan fingerprint density at radius 3 is 2.48 bits per heavy atom. The molecular formula is C23H26F3N3O2. The van der Waals surface area contributed by atoms with Gasteiger partial charge in [0.15, 0.2) is 0 Å². The number of alkyl halides is 3. The van der Waals surface area contributed by atoms with Crippen LogP contribution in [0.2, 0.25) is 0 Å². The monoisotopic (exact) mass is 433 g/mol. The van der Waals surface area contributed by atoms with Crippen molar-refractivity contribution in [2.24, 2.45) is 5.92 Å². The van der Waals surface area contributed by atoms with Crippen LogP contribution in [0.4, 0.5) is 18.9 Å². The lowest BCUT2D eigenvalue weighted by atomic mass is 9.87. The second-order valence-corrected chi connectivity index (χ2v) is 8.94. The van der Waals surface area contributed by atoms with Crippen molar-refractivity contribution in [1.29, 1.82) is 0 Å². The topological polar surface area (TPSA) is 58.4 Å². The Hall–Kier alpha value is -2.61. The molecule has 4 rings (SSSR count). The number of aldehydes is 1. The molecule has 0 saturated heterocycles. The predicted octanol–water partition coefficient (Wildman–Crippen LogP) is 5.02. The molecule has 0 amide bonds. The summed E-state index contributed by atoms with van der Waals surface area (Å²) >= 11 is 0. The molecule has 1 aromatic carbocycles. The van der Waals surface area contributed by atoms with Crippen LogP contribution in [0.1, 0.15) is 51.1 Å². The Kier molecular flexibility index (Phi) is 5.45. The van der Waals surface area contributed by atoms with E-state index in [4.69, 9.17) is 5.10 Å². The van der Waals surface area contributed by atoms with E-state index in [0.29, 0.717) is 16.8 Å². The summed E-state index contributed by atoms with van der Waals surface area (Å²) in [5.74, 6) is 0.108. The van der Waals surface area contributed by atoms with Gasteiger partial charge < -0.3 is 14.8 Å². The molecule has 8 heteroatoms. The van der Waals surface area contributed by atoms with Crippen molar-refractivity contribution in [2.45, 2.75) is 57.3 Å². The summed E-state index contributed by atoms with van der Waals surface area (Å²) < 4.78 is 41.6. The van der Waals surface area contributed by atoms with Crippen LogP contribution in [0.3, 0.4) is 0 Å². The van der Waals surface area contributed by atoms with E-state index in [0.717, 1.165) is 49.6 Å². The third-order valence-electron chi connectivity index (χ3n) is 6.14. The maximum atomic E-state index is 13.2. The number of nitrogens with zero attached hydrogens (tertiary/aromatic N) is 3. The van der Waals surface area contributed by atoms with Gasteiger partial charge in [-0.1, -0.05) is 12.2 Å². The van der Waals surface area contributed by atoms with E-state index in [1.807, 2.05) is 10.9 Å². The quantitative estimate of drug-likeness (QED) is 0.689. The summed E-state index contributed by atoms with van der Waals surface area (Å²) in [6, 6.07) is 3.75. The predicted molar refractivity (Wildman–Crippen MR) is 113 cm³/mol. The second kappa shape index (κ2) is 7.82. The minimum atomic E-state index is -4.45. The van der Waals surface area contributed by atoms with Crippen molar-refractivity contribution in [3.63, 3.8) is 0 Å². The summed E-state index contributed by atoms with van der Waals surface area (Å²) in [6.45, 7) is 3.51. The zero-order valence-electron chi connectivity index (χ0n) is 17.6. The molecule has 31 heavy (non-hydrogen) atoms. The number of halogens is 3. The van der Waals surface area contributed by atoms with Crippen LogP contribution in [-0.4, -0.2) is 33.9 Å². The normalized spacial score (nSPS) is 22.6. The van der Waals surface area contributed by atoms with E-state index < -0.39 is 17.4 Å². The molecule has 2 aromatic rings. The van der Waals surface area contributed by atoms with Crippen molar-refractivity contribution in [2.75, 3.05) is 11.4 Å². The smallest absolute Gasteiger partial charge is 0.386 e. The molecule has 0 unspecified atom stereocenters. The second-order valence-electron chi connectivity index (χ2n) is 8.94. The number of fused-ring (bicyclic) bond motifs is 1. The minimum Gasteiger partial charge on any atom is -0.386 e. The molecule has 2 aliphatic rings. The minimum absolute atomic E-state index is 0.108. The SMILES string of the molecule is CC(C)(O)c1cc2nn(C3CCC(C=O)CC3)cc2cc1N1C=C(C(F)(F)F)C=CC1. The van der Waals surface area contributed by atoms with Gasteiger partial charge in [-0.2, -0.15) is 18.3 Å². The van der Waals surface area contributed by atoms with E-state index in [9.17, 15) is 23.1 Å². The van der Waals surface area contributed by atoms with Gasteiger partial charge in [0.2, 0.25) is 0 Å². The molecule has 166 valence electrons. The highest BCUT2D eigenvalue weighted by molar-refractivity contribution is 5.85. The Morgan fingerprint density at radius 1 is 1.16 bits per heavy atom. The van der Waals surface area contributed by atoms with Crippen molar-refractivity contribution >= 4 is 22.9 Å². The summed E-state index contributed by atoms with van der Waals surface area (Å²) in [5.41, 5.74) is -0.268. The number of hydrogen-bond donors (Lipinski definition) is 1. The average Bonchev–Trinajstić information content (AvgIpc) is 3.15. The maximum Gasteiger partial charge on any atom is 0.417 e. The summed E-state index contributed by atoms with van der Waals surface area (Å²) in [5, 5.41) is 16.2. The number of aromatic nitrogens is 2. The maximum absolute atomic E-state index is 13.2. The Bertz CT molecular complexity index is 1040. The number of carbonyl (C=O) groups excluding carboxylic acids is 1. The first-order valence-corrected chi connectivity index (χ1v) is 10.5. The van der Waals surface area contributed by atoms with Gasteiger partial charge in [0.25, 0.3) is 0 Å². The van der Waals surface area contributed by atoms with Gasteiger partial charge >= 0.3 is 6.18 Å². The third kappa shape index (κ3) is 4.39. The molecular weight excluding hydrogens is 407 g/mol. The van der Waals surface area contributed by atoms with Crippen LogP contribution < -0.4 is 4.90 Å². The third-order valence-corrected chi connectivity index (χ3v) is 6.14. The largest absolute Gasteiger partial charge is 0.417 e. The molecule has 1 aliphatic heterocycles. The van der Waals surface area contributed by atoms with Gasteiger partial charge in [0, 0.05) is 41.5 Å². The number of aliphatic hydroxyl groups is 1. The van der Waals surface area contributed by atoms with Crippen LogP contribution in [0, 0.1) is 5.92 Å². The van der Waals surface area contributed by atoms with E-state index in [1.165, 1.54) is 11.0 Å². The number of hydrogen-bond acceptors (Lipinski definition) is 4. The molecule has 1 fully saturated rings. The Labute approximate surface area is 178 Å². The highest BCUT2D eigenvalue weighted by atomic mass is 19.4. The number of rotatable bonds is 4. The molecule has 0 bridgehead atoms. The molecule has 0 atom stereocenters. The first-order chi connectivity index (χ1) is 14.6. The summed E-state index contributed by atoms with van der Waals surface area (Å²) in [7, 11) is 0. The lowest BCUT2D eigenvalue weighted by Gasteiger charge is -2.30. The van der Waals surface area contributed by atoms with Crippen molar-refractivity contribution in [3.8, 4) is 0 Å². The van der Waals surface area contributed by atoms with Crippen LogP contribution in [0.5, 0.6) is 0 Å². The fourth-order valence-corrected chi connectivity index (χ4v) is 4.39. The van der Waals surface area contributed by atoms with E-state index in [2.05, 4.69) is 0 Å². The molecule has 1 saturated carbocycles. The molecule has 0 radical (unpaired) electrons. The Balaban J connectivity index is 1.74. The Morgan fingerprint density at radius 2 is 1.87 bits per heavy atom. The fraction of sp³-hybridized carbons (Fsp3) is 0.478. The van der Waals surface area contributed by atoms with Crippen molar-refractivity contribution < 1.29 is 23.1 Å². The molecule has 1 aromatic heterocycles. The van der Waals surface area contributed by atoms with Gasteiger partial charge in [-0.15, -0.1) is 0 Å². The number of benzene rings is 1. The van der Waals surface area contributed by atoms with E-state index in [1.54, 1.807) is 26.0 Å². The van der Waals surface area contributed by atoms with Gasteiger partial charge in [-0.25, -0.2) is 0 Å². The summed E-state index contributed by atoms with van der Waals surface area (Å²) in [4.78, 5) is 12.5. The van der Waals surface area contributed by atoms with Gasteiger partial charge in [0.05, 0.1) is 22.7 Å². The lowest BCUT2D eigenvalue weighted by Crippen LogP contribution is -2.27. The van der Waals surface area contributed by atoms with Crippen molar-refractivity contribution in [3.05, 3.63) is 47.8 Å². The fourth-order valence-electron chi connectivity index (χ4n) is 4.39. The van der Waals surface area contributed by atoms with Gasteiger partial charge in [0.1, 0.15) is 6.29 Å². The number of allylic oxidation sites excluding steroid dienone is 2. The van der Waals surface area contributed by atoms with Gasteiger partial charge in [-0.05, 0) is 51.7 Å². The standard InChI is InChI=1S/C23H26F3N3O2/c1-22(2,31)19-11-20-16(12-29(27-20)18-7-5-15(14-30)6-8-18)10-21(19)28-9-3-4-17(13-28)23(24,25)26/h3-4,10-15,18,31H,5-9H2,1-2H3. The van der Waals surface area contributed by atoms with Crippen LogP contribution in [0.15, 0.2) is 42.3 Å². The van der Waals surface area contributed by atoms with Gasteiger partial charge in [-0.3, -0.25) is 4.68 Å². The van der Waals surface area contributed by atoms with Crippen molar-refractivity contribution in [1.82, 2.24) is 9.78 Å². The first kappa shape index (κ1) is 21.6. The average molecular weight is 433 g/mol. The van der Waals surface area contributed by atoms with E-state index in [-0.39, 0.29) is 18.5 Å². The number of anilines is 1. The molecule has 0 spiro atoms. The summed E-state index contributed by atoms with van der Waals surface area (Å²) in [6.07, 6.45) is 5.49. The zero-order valence-corrected chi connectivity index (χ0v) is 17.6. The molecule has 1 N–H and O–H groups in total. The first-order valence-electron chi connectivity index (χ1n) is 10.5. The van der Waals surface area contributed by atoms with Crippen LogP contribution in [0.25, 0.3) is 10.9 Å². The number of carbonyl (C=O) groups is 1. The highest BCUT2D eigenvalue weighted by Gasteiger charge is 2.34. The highest BCUT2D eigenvalue weighted by Crippen LogP contribution is 2.38. The zero-order chi connectivity index (χ0) is 22.4. The van der Waals surface area contributed by atoms with Crippen LogP contribution in [-0.2, 0) is 10.4 Å².